The molecule has 1 saturated carbocycles. The number of carbonyl (C=O) groups excluding carboxylic acids is 1. The van der Waals surface area contributed by atoms with E-state index in [9.17, 15) is 14.7 Å². The predicted octanol–water partition coefficient (Wildman–Crippen LogP) is 2.23. The topological polar surface area (TPSA) is 76.1 Å². The fourth-order valence-corrected chi connectivity index (χ4v) is 3.57. The number of methoxy groups -OCH3 is 2. The van der Waals surface area contributed by atoms with Crippen LogP contribution in [-0.4, -0.2) is 42.6 Å². The molecule has 0 saturated heterocycles. The molecule has 1 aliphatic carbocycles. The van der Waals surface area contributed by atoms with E-state index in [0.717, 1.165) is 24.0 Å². The fraction of sp³-hybridized carbons (Fsp3) is 0.556. The van der Waals surface area contributed by atoms with Crippen molar-refractivity contribution in [1.82, 2.24) is 4.90 Å². The Bertz CT molecular complexity index is 666. The van der Waals surface area contributed by atoms with Crippen LogP contribution in [0.25, 0.3) is 0 Å². The van der Waals surface area contributed by atoms with Gasteiger partial charge in [0.2, 0.25) is 5.91 Å². The van der Waals surface area contributed by atoms with Crippen molar-refractivity contribution in [2.75, 3.05) is 20.8 Å². The lowest BCUT2D eigenvalue weighted by molar-refractivity contribution is -0.159. The van der Waals surface area contributed by atoms with E-state index in [0.29, 0.717) is 37.4 Å². The minimum atomic E-state index is -0.842. The lowest BCUT2D eigenvalue weighted by Crippen LogP contribution is -2.45. The predicted molar refractivity (Wildman–Crippen MR) is 87.2 cm³/mol. The number of rotatable bonds is 5. The van der Waals surface area contributed by atoms with E-state index in [-0.39, 0.29) is 12.3 Å². The molecule has 0 unspecified atom stereocenters. The van der Waals surface area contributed by atoms with Gasteiger partial charge in [-0.3, -0.25) is 9.59 Å². The number of carboxylic acid groups (broad SMARTS) is 1. The molecule has 1 aliphatic heterocycles. The molecule has 0 aromatic heterocycles. The van der Waals surface area contributed by atoms with Gasteiger partial charge in [0.15, 0.2) is 11.5 Å². The van der Waals surface area contributed by atoms with Crippen molar-refractivity contribution in [2.45, 2.75) is 38.6 Å². The minimum absolute atomic E-state index is 0.0717. The van der Waals surface area contributed by atoms with Crippen LogP contribution < -0.4 is 9.47 Å². The van der Waals surface area contributed by atoms with Crippen LogP contribution in [0.3, 0.4) is 0 Å². The second-order valence-corrected chi connectivity index (χ2v) is 6.66. The number of amides is 1. The van der Waals surface area contributed by atoms with Gasteiger partial charge in [-0.05, 0) is 42.5 Å². The molecule has 6 nitrogen and oxygen atoms in total. The molecule has 0 radical (unpaired) electrons. The number of nitrogens with zero attached hydrogens (tertiary/aromatic N) is 1. The van der Waals surface area contributed by atoms with Gasteiger partial charge in [-0.1, -0.05) is 6.42 Å². The summed E-state index contributed by atoms with van der Waals surface area (Å²) in [5.74, 6) is 0.422. The van der Waals surface area contributed by atoms with Crippen molar-refractivity contribution in [2.24, 2.45) is 5.41 Å². The third-order valence-corrected chi connectivity index (χ3v) is 5.32. The van der Waals surface area contributed by atoms with Crippen molar-refractivity contribution < 1.29 is 24.2 Å². The van der Waals surface area contributed by atoms with E-state index in [2.05, 4.69) is 0 Å². The molecule has 1 fully saturated rings. The van der Waals surface area contributed by atoms with E-state index in [1.807, 2.05) is 12.1 Å². The molecule has 1 N–H and O–H groups in total. The standard InChI is InChI=1S/C18H23NO5/c1-23-14-8-12-4-7-19(11-13(12)9-15(14)24-2)16(20)10-18(17(21)22)5-3-6-18/h8-9H,3-7,10-11H2,1-2H3,(H,21,22). The van der Waals surface area contributed by atoms with Crippen molar-refractivity contribution in [1.29, 1.82) is 0 Å². The van der Waals surface area contributed by atoms with Gasteiger partial charge in [-0.2, -0.15) is 0 Å². The van der Waals surface area contributed by atoms with Crippen LogP contribution in [0, 0.1) is 5.41 Å². The molecule has 0 spiro atoms. The molecule has 1 aromatic rings. The van der Waals surface area contributed by atoms with Gasteiger partial charge in [-0.15, -0.1) is 0 Å². The molecule has 6 heteroatoms. The first-order chi connectivity index (χ1) is 11.5. The molecule has 3 rings (SSSR count). The summed E-state index contributed by atoms with van der Waals surface area (Å²) in [5, 5.41) is 9.41. The van der Waals surface area contributed by atoms with Gasteiger partial charge in [0.1, 0.15) is 0 Å². The number of hydrogen-bond acceptors (Lipinski definition) is 4. The van der Waals surface area contributed by atoms with Crippen molar-refractivity contribution in [3.63, 3.8) is 0 Å². The maximum Gasteiger partial charge on any atom is 0.310 e. The van der Waals surface area contributed by atoms with Gasteiger partial charge in [0.05, 0.1) is 19.6 Å². The Morgan fingerprint density at radius 2 is 1.79 bits per heavy atom. The smallest absolute Gasteiger partial charge is 0.310 e. The molecule has 0 atom stereocenters. The van der Waals surface area contributed by atoms with Crippen LogP contribution in [0.2, 0.25) is 0 Å². The number of hydrogen-bond donors (Lipinski definition) is 1. The van der Waals surface area contributed by atoms with Gasteiger partial charge >= 0.3 is 5.97 Å². The van der Waals surface area contributed by atoms with E-state index < -0.39 is 11.4 Å². The zero-order valence-electron chi connectivity index (χ0n) is 14.1. The average molecular weight is 333 g/mol. The van der Waals surface area contributed by atoms with Crippen LogP contribution in [0.4, 0.5) is 0 Å². The summed E-state index contributed by atoms with van der Waals surface area (Å²) in [6.07, 6.45) is 2.93. The molecule has 0 bridgehead atoms. The SMILES string of the molecule is COc1cc2c(cc1OC)CN(C(=O)CC1(C(=O)O)CCC1)CC2. The summed E-state index contributed by atoms with van der Waals surface area (Å²) in [5.41, 5.74) is 1.34. The van der Waals surface area contributed by atoms with Crippen LogP contribution in [0.1, 0.15) is 36.8 Å². The number of carbonyl (C=O) groups is 2. The quantitative estimate of drug-likeness (QED) is 0.894. The summed E-state index contributed by atoms with van der Waals surface area (Å²) in [6, 6.07) is 3.87. The Hall–Kier alpha value is -2.24. The highest BCUT2D eigenvalue weighted by atomic mass is 16.5. The highest BCUT2D eigenvalue weighted by Crippen LogP contribution is 2.45. The summed E-state index contributed by atoms with van der Waals surface area (Å²) >= 11 is 0. The largest absolute Gasteiger partial charge is 0.493 e. The number of fused-ring (bicyclic) bond motifs is 1. The number of carboxylic acids is 1. The Morgan fingerprint density at radius 1 is 1.17 bits per heavy atom. The van der Waals surface area contributed by atoms with Crippen LogP contribution >= 0.6 is 0 Å². The molecular weight excluding hydrogens is 310 g/mol. The number of aliphatic carboxylic acids is 1. The molecule has 130 valence electrons. The van der Waals surface area contributed by atoms with Crippen LogP contribution in [0.5, 0.6) is 11.5 Å². The molecular formula is C18H23NO5. The average Bonchev–Trinajstić information content (AvgIpc) is 2.55. The number of ether oxygens (including phenoxy) is 2. The molecule has 2 aliphatic rings. The third-order valence-electron chi connectivity index (χ3n) is 5.32. The van der Waals surface area contributed by atoms with E-state index in [1.165, 1.54) is 0 Å². The third kappa shape index (κ3) is 2.81. The maximum absolute atomic E-state index is 12.6. The van der Waals surface area contributed by atoms with Crippen molar-refractivity contribution in [3.8, 4) is 11.5 Å². The fourth-order valence-electron chi connectivity index (χ4n) is 3.57. The molecule has 1 amide bonds. The van der Waals surface area contributed by atoms with Crippen LogP contribution in [0.15, 0.2) is 12.1 Å². The van der Waals surface area contributed by atoms with Crippen molar-refractivity contribution >= 4 is 11.9 Å². The highest BCUT2D eigenvalue weighted by molar-refractivity contribution is 5.85. The van der Waals surface area contributed by atoms with Crippen molar-refractivity contribution in [3.05, 3.63) is 23.3 Å². The van der Waals surface area contributed by atoms with Gasteiger partial charge in [-0.25, -0.2) is 0 Å². The first-order valence-corrected chi connectivity index (χ1v) is 8.24. The summed E-state index contributed by atoms with van der Waals surface area (Å²) in [6.45, 7) is 1.10. The Kier molecular flexibility index (Phi) is 4.39. The van der Waals surface area contributed by atoms with Gasteiger partial charge in [0.25, 0.3) is 0 Å². The first kappa shape index (κ1) is 16.6. The monoisotopic (exact) mass is 333 g/mol. The Morgan fingerprint density at radius 3 is 2.29 bits per heavy atom. The Balaban J connectivity index is 1.75. The zero-order valence-corrected chi connectivity index (χ0v) is 14.1. The van der Waals surface area contributed by atoms with Crippen LogP contribution in [-0.2, 0) is 22.6 Å². The Labute approximate surface area is 141 Å². The molecule has 1 aromatic carbocycles. The molecule has 24 heavy (non-hydrogen) atoms. The maximum atomic E-state index is 12.6. The highest BCUT2D eigenvalue weighted by Gasteiger charge is 2.46. The second kappa shape index (κ2) is 6.34. The van der Waals surface area contributed by atoms with Gasteiger partial charge < -0.3 is 19.5 Å². The lowest BCUT2D eigenvalue weighted by atomic mass is 9.66. The molecule has 1 heterocycles. The lowest BCUT2D eigenvalue weighted by Gasteiger charge is -2.39. The summed E-state index contributed by atoms with van der Waals surface area (Å²) in [4.78, 5) is 25.8. The zero-order chi connectivity index (χ0) is 17.3. The summed E-state index contributed by atoms with van der Waals surface area (Å²) < 4.78 is 10.7. The first-order valence-electron chi connectivity index (χ1n) is 8.24. The minimum Gasteiger partial charge on any atom is -0.493 e. The van der Waals surface area contributed by atoms with Gasteiger partial charge in [0, 0.05) is 19.5 Å². The van der Waals surface area contributed by atoms with E-state index >= 15 is 0 Å². The normalized spacial score (nSPS) is 18.3. The summed E-state index contributed by atoms with van der Waals surface area (Å²) in [7, 11) is 3.19. The van der Waals surface area contributed by atoms with E-state index in [4.69, 9.17) is 9.47 Å². The second-order valence-electron chi connectivity index (χ2n) is 6.66. The number of benzene rings is 1. The van der Waals surface area contributed by atoms with E-state index in [1.54, 1.807) is 19.1 Å².